The largest absolute Gasteiger partial charge is 0.481 e. The molecule has 12 atom stereocenters. The Bertz CT molecular complexity index is 1350. The molecule has 7 fully saturated rings. The Morgan fingerprint density at radius 1 is 0.840 bits per heavy atom. The van der Waals surface area contributed by atoms with Gasteiger partial charge in [0.1, 0.15) is 6.10 Å². The first kappa shape index (κ1) is 36.9. The van der Waals surface area contributed by atoms with Crippen molar-refractivity contribution in [2.75, 3.05) is 39.4 Å². The van der Waals surface area contributed by atoms with Crippen molar-refractivity contribution in [2.45, 2.75) is 138 Å². The molecule has 50 heavy (non-hydrogen) atoms. The summed E-state index contributed by atoms with van der Waals surface area (Å²) < 4.78 is 12.1. The number of ether oxygens (including phenoxy) is 2. The van der Waals surface area contributed by atoms with Gasteiger partial charge in [0.15, 0.2) is 0 Å². The molecule has 7 rings (SSSR count). The molecule has 0 aromatic rings. The average molecular weight is 695 g/mol. The number of carboxylic acid groups (broad SMARTS) is 1. The van der Waals surface area contributed by atoms with Crippen LogP contribution < -0.4 is 5.32 Å². The Morgan fingerprint density at radius 2 is 1.56 bits per heavy atom. The molecule has 0 aromatic carbocycles. The number of allylic oxidation sites excluding steroid dienone is 1. The molecule has 1 aliphatic heterocycles. The second-order valence-corrected chi connectivity index (χ2v) is 20.5. The van der Waals surface area contributed by atoms with E-state index in [1.807, 2.05) is 13.8 Å². The molecule has 1 heterocycles. The SMILES string of the molecule is C=C(C)[C@@H]1CC[C@]2(NCCN3CCOCC3)CC[C@]3(C)[C@H](CC[C@@H]4[C@@]5(C)CC[C@H](OC(=O)[C@H]6C[C@@H](C(=O)O)C6(C)C)C(C)(C)[C@@H]5CC[C@]43C)[C@@H]12. The van der Waals surface area contributed by atoms with Gasteiger partial charge >= 0.3 is 11.9 Å². The Labute approximate surface area is 303 Å². The molecule has 0 radical (unpaired) electrons. The van der Waals surface area contributed by atoms with Gasteiger partial charge in [-0.05, 0) is 129 Å². The monoisotopic (exact) mass is 695 g/mol. The van der Waals surface area contributed by atoms with Crippen molar-refractivity contribution in [2.24, 2.45) is 68.5 Å². The van der Waals surface area contributed by atoms with Crippen LogP contribution >= 0.6 is 0 Å². The molecule has 6 saturated carbocycles. The van der Waals surface area contributed by atoms with Gasteiger partial charge in [0.05, 0.1) is 25.0 Å². The van der Waals surface area contributed by atoms with Gasteiger partial charge in [0, 0.05) is 37.1 Å². The number of hydrogen-bond donors (Lipinski definition) is 2. The van der Waals surface area contributed by atoms with Gasteiger partial charge < -0.3 is 19.9 Å². The number of carboxylic acids is 1. The summed E-state index contributed by atoms with van der Waals surface area (Å²) in [7, 11) is 0. The van der Waals surface area contributed by atoms with Crippen molar-refractivity contribution in [1.29, 1.82) is 0 Å². The van der Waals surface area contributed by atoms with Crippen LogP contribution in [0.5, 0.6) is 0 Å². The quantitative estimate of drug-likeness (QED) is 0.197. The van der Waals surface area contributed by atoms with E-state index in [4.69, 9.17) is 9.47 Å². The molecule has 7 aliphatic rings. The molecule has 6 aliphatic carbocycles. The summed E-state index contributed by atoms with van der Waals surface area (Å²) in [4.78, 5) is 27.9. The number of carbonyl (C=O) groups excluding carboxylic acids is 1. The van der Waals surface area contributed by atoms with Crippen LogP contribution in [0.1, 0.15) is 126 Å². The molecule has 1 saturated heterocycles. The number of esters is 1. The Balaban J connectivity index is 1.09. The lowest BCUT2D eigenvalue weighted by Gasteiger charge is -2.73. The zero-order valence-electron chi connectivity index (χ0n) is 32.9. The third-order valence-corrected chi connectivity index (χ3v) is 18.1. The van der Waals surface area contributed by atoms with Crippen LogP contribution in [0.4, 0.5) is 0 Å². The van der Waals surface area contributed by atoms with Gasteiger partial charge in [0.25, 0.3) is 0 Å². The maximum absolute atomic E-state index is 13.6. The molecule has 0 unspecified atom stereocenters. The van der Waals surface area contributed by atoms with Crippen LogP contribution in [-0.2, 0) is 19.1 Å². The highest BCUT2D eigenvalue weighted by Gasteiger charge is 2.71. The van der Waals surface area contributed by atoms with Crippen LogP contribution in [0, 0.1) is 68.5 Å². The van der Waals surface area contributed by atoms with E-state index < -0.39 is 17.3 Å². The number of carbonyl (C=O) groups is 2. The van der Waals surface area contributed by atoms with Crippen LogP contribution in [0.3, 0.4) is 0 Å². The second-order valence-electron chi connectivity index (χ2n) is 20.5. The second kappa shape index (κ2) is 12.6. The summed E-state index contributed by atoms with van der Waals surface area (Å²) in [5.74, 6) is 1.38. The van der Waals surface area contributed by atoms with Crippen molar-refractivity contribution >= 4 is 11.9 Å². The molecular formula is C43H70N2O5. The van der Waals surface area contributed by atoms with Gasteiger partial charge in [-0.1, -0.05) is 60.6 Å². The minimum atomic E-state index is -0.798. The minimum absolute atomic E-state index is 0.113. The lowest BCUT2D eigenvalue weighted by molar-refractivity contribution is -0.248. The van der Waals surface area contributed by atoms with E-state index in [1.165, 1.54) is 56.9 Å². The fraction of sp³-hybridized carbons (Fsp3) is 0.907. The number of aliphatic carboxylic acids is 1. The van der Waals surface area contributed by atoms with Gasteiger partial charge in [0.2, 0.25) is 0 Å². The molecule has 7 heteroatoms. The van der Waals surface area contributed by atoms with Crippen molar-refractivity contribution < 1.29 is 24.2 Å². The molecule has 0 amide bonds. The van der Waals surface area contributed by atoms with Gasteiger partial charge in [-0.2, -0.15) is 0 Å². The number of hydrogen-bond acceptors (Lipinski definition) is 6. The molecule has 0 bridgehead atoms. The van der Waals surface area contributed by atoms with Gasteiger partial charge in [-0.15, -0.1) is 0 Å². The van der Waals surface area contributed by atoms with Crippen LogP contribution in [0.25, 0.3) is 0 Å². The summed E-state index contributed by atoms with van der Waals surface area (Å²) in [5, 5.41) is 13.9. The molecule has 0 spiro atoms. The predicted molar refractivity (Wildman–Crippen MR) is 197 cm³/mol. The summed E-state index contributed by atoms with van der Waals surface area (Å²) in [6.07, 6.45) is 12.5. The van der Waals surface area contributed by atoms with E-state index in [0.29, 0.717) is 41.4 Å². The zero-order valence-corrected chi connectivity index (χ0v) is 32.9. The third kappa shape index (κ3) is 5.34. The lowest BCUT2D eigenvalue weighted by Crippen LogP contribution is -2.69. The van der Waals surface area contributed by atoms with Gasteiger partial charge in [-0.3, -0.25) is 14.5 Å². The van der Waals surface area contributed by atoms with Gasteiger partial charge in [-0.25, -0.2) is 0 Å². The topological polar surface area (TPSA) is 88.1 Å². The highest BCUT2D eigenvalue weighted by molar-refractivity contribution is 5.81. The van der Waals surface area contributed by atoms with Crippen molar-refractivity contribution in [1.82, 2.24) is 10.2 Å². The summed E-state index contributed by atoms with van der Waals surface area (Å²) >= 11 is 0. The van der Waals surface area contributed by atoms with E-state index in [0.717, 1.165) is 52.2 Å². The van der Waals surface area contributed by atoms with Crippen molar-refractivity contribution in [3.05, 3.63) is 12.2 Å². The number of rotatable bonds is 8. The summed E-state index contributed by atoms with van der Waals surface area (Å²) in [6, 6.07) is 0. The average Bonchev–Trinajstić information content (AvgIpc) is 3.43. The summed E-state index contributed by atoms with van der Waals surface area (Å²) in [5.41, 5.74) is 1.74. The number of fused-ring (bicyclic) bond motifs is 7. The van der Waals surface area contributed by atoms with Crippen molar-refractivity contribution in [3.8, 4) is 0 Å². The van der Waals surface area contributed by atoms with E-state index in [9.17, 15) is 14.7 Å². The van der Waals surface area contributed by atoms with Crippen LogP contribution in [0.15, 0.2) is 12.2 Å². The fourth-order valence-electron chi connectivity index (χ4n) is 14.9. The zero-order chi connectivity index (χ0) is 36.1. The first-order chi connectivity index (χ1) is 23.4. The molecule has 282 valence electrons. The van der Waals surface area contributed by atoms with E-state index in [-0.39, 0.29) is 39.8 Å². The molecule has 7 nitrogen and oxygen atoms in total. The smallest absolute Gasteiger partial charge is 0.309 e. The molecule has 2 N–H and O–H groups in total. The van der Waals surface area contributed by atoms with Crippen molar-refractivity contribution in [3.63, 3.8) is 0 Å². The Kier molecular flexibility index (Phi) is 9.28. The minimum Gasteiger partial charge on any atom is -0.481 e. The van der Waals surface area contributed by atoms with E-state index in [2.05, 4.69) is 58.3 Å². The lowest BCUT2D eigenvalue weighted by atomic mass is 9.32. The maximum Gasteiger partial charge on any atom is 0.309 e. The predicted octanol–water partition coefficient (Wildman–Crippen LogP) is 7.98. The Morgan fingerprint density at radius 3 is 2.22 bits per heavy atom. The Hall–Kier alpha value is -1.44. The fourth-order valence-corrected chi connectivity index (χ4v) is 14.9. The highest BCUT2D eigenvalue weighted by Crippen LogP contribution is 2.76. The molecular weight excluding hydrogens is 624 g/mol. The third-order valence-electron chi connectivity index (χ3n) is 18.1. The van der Waals surface area contributed by atoms with Crippen LogP contribution in [-0.4, -0.2) is 73.0 Å². The highest BCUT2D eigenvalue weighted by atomic mass is 16.5. The van der Waals surface area contributed by atoms with E-state index in [1.54, 1.807) is 0 Å². The molecule has 0 aromatic heterocycles. The number of nitrogens with zero attached hydrogens (tertiary/aromatic N) is 1. The van der Waals surface area contributed by atoms with E-state index >= 15 is 0 Å². The normalized spacial score (nSPS) is 47.8. The first-order valence-corrected chi connectivity index (χ1v) is 20.6. The van der Waals surface area contributed by atoms with Crippen LogP contribution in [0.2, 0.25) is 0 Å². The maximum atomic E-state index is 13.6. The first-order valence-electron chi connectivity index (χ1n) is 20.6. The summed E-state index contributed by atoms with van der Waals surface area (Å²) in [6.45, 7) is 29.6. The standard InChI is InChI=1S/C43H70N2O5/c1-27(2)28-12-17-43(44-20-21-45-22-24-49-25-23-45)19-18-41(8)29(35(28)43)10-11-33-40(7)15-14-34(39(5,6)32(40)13-16-42(33,41)9)50-37(48)31-26-30(36(46)47)38(31,3)4/h28-35,44H,1,10-26H2,2-9H3,(H,46,47)/t28-,29+,30-,31+,32-,33+,34-,35+,40-,41+,42+,43-/m0/s1. The number of morpholine rings is 1. The number of nitrogens with one attached hydrogen (secondary N) is 1.